The third kappa shape index (κ3) is 12.2. The maximum atomic E-state index is 13.5. The van der Waals surface area contributed by atoms with Crippen molar-refractivity contribution in [3.63, 3.8) is 0 Å². The van der Waals surface area contributed by atoms with E-state index in [0.717, 1.165) is 45.7 Å². The third-order valence-electron chi connectivity index (χ3n) is 10.0. The Morgan fingerprint density at radius 1 is 0.750 bits per heavy atom. The molecule has 7 heteroatoms. The molecule has 1 unspecified atom stereocenters. The average Bonchev–Trinajstić information content (AvgIpc) is 3.96. The summed E-state index contributed by atoms with van der Waals surface area (Å²) in [5.41, 5.74) is -1.37. The van der Waals surface area contributed by atoms with Crippen LogP contribution in [0, 0.1) is 0 Å². The van der Waals surface area contributed by atoms with Gasteiger partial charge in [-0.15, -0.1) is 0 Å². The van der Waals surface area contributed by atoms with Gasteiger partial charge >= 0.3 is 6.18 Å². The van der Waals surface area contributed by atoms with E-state index in [1.165, 1.54) is 87.6 Å². The summed E-state index contributed by atoms with van der Waals surface area (Å²) in [6.45, 7) is 15.5. The second-order valence-corrected chi connectivity index (χ2v) is 13.6. The van der Waals surface area contributed by atoms with Crippen LogP contribution in [0.15, 0.2) is 54.6 Å². The minimum Gasteiger partial charge on any atom is -0.376 e. The molecule has 1 amide bonds. The number of likely N-dealkylation sites (tertiary alicyclic amines) is 1. The van der Waals surface area contributed by atoms with Gasteiger partial charge in [0.25, 0.3) is 5.91 Å². The van der Waals surface area contributed by atoms with E-state index < -0.39 is 11.8 Å². The normalized spacial score (nSPS) is 21.2. The number of carbonyl (C=O) groups is 1. The molecular weight excluding hydrogens is 609 g/mol. The number of carbonyl (C=O) groups excluding carboxylic acids is 1. The zero-order valence-corrected chi connectivity index (χ0v) is 31.0. The third-order valence-corrected chi connectivity index (χ3v) is 10.0. The number of alkyl halides is 3. The second-order valence-electron chi connectivity index (χ2n) is 13.6. The van der Waals surface area contributed by atoms with Crippen molar-refractivity contribution in [1.29, 1.82) is 0 Å². The number of nitrogens with zero attached hydrogens (tertiary/aromatic N) is 2. The molecule has 5 rings (SSSR count). The summed E-state index contributed by atoms with van der Waals surface area (Å²) in [7, 11) is 0. The highest BCUT2D eigenvalue weighted by Gasteiger charge is 2.51. The topological polar surface area (TPSA) is 43.8 Å². The van der Waals surface area contributed by atoms with E-state index in [1.54, 1.807) is 0 Å². The largest absolute Gasteiger partial charge is 0.421 e. The maximum Gasteiger partial charge on any atom is 0.421 e. The van der Waals surface area contributed by atoms with E-state index in [2.05, 4.69) is 62.9 Å². The lowest BCUT2D eigenvalue weighted by Crippen LogP contribution is -2.51. The van der Waals surface area contributed by atoms with Crippen LogP contribution in [-0.4, -0.2) is 58.2 Å². The molecule has 1 N–H and O–H groups in total. The summed E-state index contributed by atoms with van der Waals surface area (Å²) in [5, 5.41) is 9.94. The molecule has 3 fully saturated rings. The Morgan fingerprint density at radius 3 is 1.67 bits per heavy atom. The van der Waals surface area contributed by atoms with Gasteiger partial charge in [0, 0.05) is 36.8 Å². The van der Waals surface area contributed by atoms with E-state index in [4.69, 9.17) is 0 Å². The molecule has 4 nitrogen and oxygen atoms in total. The lowest BCUT2D eigenvalue weighted by molar-refractivity contribution is -0.258. The molecule has 2 aromatic rings. The smallest absolute Gasteiger partial charge is 0.376 e. The molecule has 1 atom stereocenters. The van der Waals surface area contributed by atoms with Crippen molar-refractivity contribution in [3.05, 3.63) is 71.3 Å². The Hall–Kier alpha value is -2.38. The van der Waals surface area contributed by atoms with Gasteiger partial charge in [-0.25, -0.2) is 0 Å². The number of hydrogen-bond acceptors (Lipinski definition) is 3. The van der Waals surface area contributed by atoms with Crippen molar-refractivity contribution in [1.82, 2.24) is 9.80 Å². The highest BCUT2D eigenvalue weighted by Crippen LogP contribution is 2.40. The minimum atomic E-state index is -4.78. The van der Waals surface area contributed by atoms with Crippen LogP contribution in [0.25, 0.3) is 0 Å². The number of amides is 1. The number of unbranched alkanes of at least 4 members (excludes halogenated alkanes) is 3. The number of hydrogen-bond donors (Lipinski definition) is 1. The highest BCUT2D eigenvalue weighted by atomic mass is 19.4. The molecule has 3 aliphatic rings. The monoisotopic (exact) mass is 674 g/mol. The van der Waals surface area contributed by atoms with E-state index in [0.29, 0.717) is 17.5 Å². The summed E-state index contributed by atoms with van der Waals surface area (Å²) < 4.78 is 39.6. The van der Waals surface area contributed by atoms with Crippen molar-refractivity contribution in [2.75, 3.05) is 13.1 Å². The van der Waals surface area contributed by atoms with Crippen molar-refractivity contribution in [2.45, 2.75) is 168 Å². The standard InChI is InChI=1S/C30H37F3N2O2.C5H12.C4H10.C2H6/c1-29(37,30(31,32)33)24-11-7-23(8-12-24)28(36)35(26-15-16-26)27-17-19-34(20-18-27)25-13-9-22(10-14-25)21-5-3-2-4-6-21;1-3-5-4-2;1-3-4-2;1-2/h2-8,11-12,22,25-27,37H,9-10,13-20H2,1H3;3-5H2,1-2H3;3-4H2,1-2H3;1-2H3. The van der Waals surface area contributed by atoms with Crippen molar-refractivity contribution < 1.29 is 23.1 Å². The van der Waals surface area contributed by atoms with E-state index in [1.807, 2.05) is 18.7 Å². The first kappa shape index (κ1) is 41.8. The Morgan fingerprint density at radius 2 is 1.25 bits per heavy atom. The number of halogens is 3. The second kappa shape index (κ2) is 21.0. The van der Waals surface area contributed by atoms with E-state index in [-0.39, 0.29) is 23.6 Å². The Kier molecular flexibility index (Phi) is 18.3. The minimum absolute atomic E-state index is 0.109. The molecule has 0 spiro atoms. The Labute approximate surface area is 290 Å². The van der Waals surface area contributed by atoms with Gasteiger partial charge in [0.05, 0.1) is 0 Å². The van der Waals surface area contributed by atoms with Gasteiger partial charge in [0.15, 0.2) is 5.60 Å². The fraction of sp³-hybridized carbons (Fsp3) is 0.683. The van der Waals surface area contributed by atoms with E-state index in [9.17, 15) is 23.1 Å². The van der Waals surface area contributed by atoms with Crippen LogP contribution in [-0.2, 0) is 5.60 Å². The molecule has 2 aliphatic carbocycles. The van der Waals surface area contributed by atoms with Gasteiger partial charge in [-0.3, -0.25) is 4.79 Å². The van der Waals surface area contributed by atoms with Gasteiger partial charge < -0.3 is 14.9 Å². The molecule has 0 radical (unpaired) electrons. The SMILES string of the molecule is CC.CC(O)(c1ccc(C(=O)N(C2CC2)C2CCN(C3CCC(c4ccccc4)CC3)CC2)cc1)C(F)(F)F.CCCC.CCCCC. The van der Waals surface area contributed by atoms with Crippen LogP contribution >= 0.6 is 0 Å². The van der Waals surface area contributed by atoms with Gasteiger partial charge in [0.1, 0.15) is 0 Å². The van der Waals surface area contributed by atoms with E-state index >= 15 is 0 Å². The van der Waals surface area contributed by atoms with Crippen molar-refractivity contribution in [2.24, 2.45) is 0 Å². The predicted molar refractivity (Wildman–Crippen MR) is 194 cm³/mol. The summed E-state index contributed by atoms with van der Waals surface area (Å²) >= 11 is 0. The van der Waals surface area contributed by atoms with Crippen LogP contribution in [0.3, 0.4) is 0 Å². The zero-order valence-electron chi connectivity index (χ0n) is 31.0. The Bertz CT molecular complexity index is 1130. The van der Waals surface area contributed by atoms with Crippen LogP contribution in [0.2, 0.25) is 0 Å². The van der Waals surface area contributed by atoms with Gasteiger partial charge in [-0.2, -0.15) is 13.2 Å². The van der Waals surface area contributed by atoms with Crippen LogP contribution in [0.1, 0.15) is 159 Å². The van der Waals surface area contributed by atoms with Crippen molar-refractivity contribution in [3.8, 4) is 0 Å². The summed E-state index contributed by atoms with van der Waals surface area (Å²) in [5.74, 6) is 0.548. The van der Waals surface area contributed by atoms with Crippen LogP contribution in [0.5, 0.6) is 0 Å². The average molecular weight is 675 g/mol. The molecular formula is C41H65F3N2O2. The van der Waals surface area contributed by atoms with Gasteiger partial charge in [-0.05, 0) is 87.5 Å². The quantitative estimate of drug-likeness (QED) is 0.288. The molecule has 0 aromatic heterocycles. The summed E-state index contributed by atoms with van der Waals surface area (Å²) in [6.07, 6.45) is 10.6. The van der Waals surface area contributed by atoms with Crippen molar-refractivity contribution >= 4 is 5.91 Å². The molecule has 1 saturated heterocycles. The molecule has 48 heavy (non-hydrogen) atoms. The first-order valence-electron chi connectivity index (χ1n) is 19.0. The molecule has 2 aromatic carbocycles. The maximum absolute atomic E-state index is 13.5. The lowest BCUT2D eigenvalue weighted by Gasteiger charge is -2.43. The fourth-order valence-corrected chi connectivity index (χ4v) is 6.61. The first-order chi connectivity index (χ1) is 23.0. The number of rotatable bonds is 9. The molecule has 1 aliphatic heterocycles. The lowest BCUT2D eigenvalue weighted by atomic mass is 9.81. The highest BCUT2D eigenvalue weighted by molar-refractivity contribution is 5.95. The zero-order chi connectivity index (χ0) is 35.7. The van der Waals surface area contributed by atoms with Crippen LogP contribution in [0.4, 0.5) is 13.2 Å². The Balaban J connectivity index is 0.000000639. The predicted octanol–water partition coefficient (Wildman–Crippen LogP) is 11.3. The van der Waals surface area contributed by atoms with Gasteiger partial charge in [-0.1, -0.05) is 116 Å². The number of aliphatic hydroxyl groups is 1. The molecule has 0 bridgehead atoms. The molecule has 2 saturated carbocycles. The number of piperidine rings is 1. The molecule has 1 heterocycles. The van der Waals surface area contributed by atoms with Crippen LogP contribution < -0.4 is 0 Å². The first-order valence-corrected chi connectivity index (χ1v) is 19.0. The summed E-state index contributed by atoms with van der Waals surface area (Å²) in [6, 6.07) is 17.1. The summed E-state index contributed by atoms with van der Waals surface area (Å²) in [4.78, 5) is 18.1. The number of benzene rings is 2. The molecule has 272 valence electrons. The van der Waals surface area contributed by atoms with Gasteiger partial charge in [0.2, 0.25) is 0 Å². The fourth-order valence-electron chi connectivity index (χ4n) is 6.61.